The molecule has 0 aliphatic heterocycles. The molecular formula is C14H22N2O. The average molecular weight is 234 g/mol. The Morgan fingerprint density at radius 1 is 1.41 bits per heavy atom. The van der Waals surface area contributed by atoms with Gasteiger partial charge < -0.3 is 0 Å². The highest BCUT2D eigenvalue weighted by Crippen LogP contribution is 2.27. The highest BCUT2D eigenvalue weighted by Gasteiger charge is 2.19. The summed E-state index contributed by atoms with van der Waals surface area (Å²) in [6, 6.07) is 1.86. The van der Waals surface area contributed by atoms with Crippen molar-refractivity contribution in [1.82, 2.24) is 9.78 Å². The van der Waals surface area contributed by atoms with E-state index in [1.165, 1.54) is 32.1 Å². The van der Waals surface area contributed by atoms with Gasteiger partial charge in [0.05, 0.1) is 0 Å². The number of ketones is 1. The van der Waals surface area contributed by atoms with Gasteiger partial charge in [0.25, 0.3) is 0 Å². The number of aromatic nitrogens is 2. The first-order valence-electron chi connectivity index (χ1n) is 6.86. The number of Topliss-reactive ketones (excluding diaryl/α,β-unsaturated/α-hetero) is 1. The second-order valence-electron chi connectivity index (χ2n) is 5.07. The zero-order valence-electron chi connectivity index (χ0n) is 10.7. The smallest absolute Gasteiger partial charge is 0.181 e. The van der Waals surface area contributed by atoms with Crippen LogP contribution < -0.4 is 0 Å². The Kier molecular flexibility index (Phi) is 4.35. The van der Waals surface area contributed by atoms with Gasteiger partial charge in [0.1, 0.15) is 5.69 Å². The van der Waals surface area contributed by atoms with Crippen molar-refractivity contribution in [2.75, 3.05) is 0 Å². The van der Waals surface area contributed by atoms with E-state index in [0.29, 0.717) is 5.92 Å². The maximum atomic E-state index is 12.2. The number of rotatable bonds is 5. The molecule has 0 spiro atoms. The standard InChI is InChI=1S/C14H22N2O/c1-2-10-16-13(8-9-15-16)14(17)11-12-6-4-3-5-7-12/h8-9,12H,2-7,10-11H2,1H3. The number of carbonyl (C=O) groups excluding carboxylic acids is 1. The van der Waals surface area contributed by atoms with E-state index in [9.17, 15) is 4.79 Å². The van der Waals surface area contributed by atoms with E-state index in [0.717, 1.165) is 25.1 Å². The minimum absolute atomic E-state index is 0.280. The number of hydrogen-bond acceptors (Lipinski definition) is 2. The number of nitrogens with zero attached hydrogens (tertiary/aromatic N) is 2. The molecule has 2 rings (SSSR count). The Bertz CT molecular complexity index is 364. The van der Waals surface area contributed by atoms with Crippen LogP contribution in [0.3, 0.4) is 0 Å². The molecule has 0 N–H and O–H groups in total. The third-order valence-corrected chi connectivity index (χ3v) is 3.64. The van der Waals surface area contributed by atoms with Crippen LogP contribution >= 0.6 is 0 Å². The minimum Gasteiger partial charge on any atom is -0.292 e. The molecule has 0 unspecified atom stereocenters. The highest BCUT2D eigenvalue weighted by molar-refractivity contribution is 5.94. The van der Waals surface area contributed by atoms with E-state index < -0.39 is 0 Å². The van der Waals surface area contributed by atoms with Crippen LogP contribution in [0.2, 0.25) is 0 Å². The summed E-state index contributed by atoms with van der Waals surface area (Å²) in [5, 5.41) is 4.22. The van der Waals surface area contributed by atoms with Crippen LogP contribution in [0.15, 0.2) is 12.3 Å². The molecule has 0 atom stereocenters. The van der Waals surface area contributed by atoms with Crippen LogP contribution in [-0.2, 0) is 6.54 Å². The molecule has 1 fully saturated rings. The van der Waals surface area contributed by atoms with Gasteiger partial charge in [-0.15, -0.1) is 0 Å². The lowest BCUT2D eigenvalue weighted by Gasteiger charge is -2.20. The largest absolute Gasteiger partial charge is 0.292 e. The molecule has 1 aromatic heterocycles. The molecule has 1 aliphatic carbocycles. The molecule has 0 bridgehead atoms. The summed E-state index contributed by atoms with van der Waals surface area (Å²) in [6.07, 6.45) is 9.88. The van der Waals surface area contributed by atoms with Crippen molar-refractivity contribution in [2.24, 2.45) is 5.92 Å². The first-order valence-corrected chi connectivity index (χ1v) is 6.86. The Hall–Kier alpha value is -1.12. The van der Waals surface area contributed by atoms with E-state index in [-0.39, 0.29) is 5.78 Å². The van der Waals surface area contributed by atoms with Crippen molar-refractivity contribution in [3.63, 3.8) is 0 Å². The van der Waals surface area contributed by atoms with Crippen molar-refractivity contribution in [1.29, 1.82) is 0 Å². The fourth-order valence-electron chi connectivity index (χ4n) is 2.72. The van der Waals surface area contributed by atoms with Crippen LogP contribution in [0.5, 0.6) is 0 Å². The van der Waals surface area contributed by atoms with Crippen molar-refractivity contribution in [2.45, 2.75) is 58.4 Å². The lowest BCUT2D eigenvalue weighted by Crippen LogP contribution is -2.16. The molecule has 0 radical (unpaired) electrons. The quantitative estimate of drug-likeness (QED) is 0.731. The van der Waals surface area contributed by atoms with E-state index in [4.69, 9.17) is 0 Å². The molecule has 0 saturated heterocycles. The second-order valence-corrected chi connectivity index (χ2v) is 5.07. The molecule has 94 valence electrons. The predicted octanol–water partition coefficient (Wildman–Crippen LogP) is 3.45. The summed E-state index contributed by atoms with van der Waals surface area (Å²) in [5.74, 6) is 0.893. The molecule has 0 aromatic carbocycles. The van der Waals surface area contributed by atoms with E-state index >= 15 is 0 Å². The topological polar surface area (TPSA) is 34.9 Å². The van der Waals surface area contributed by atoms with Crippen molar-refractivity contribution < 1.29 is 4.79 Å². The summed E-state index contributed by atoms with van der Waals surface area (Å²) in [4.78, 5) is 12.2. The monoisotopic (exact) mass is 234 g/mol. The Morgan fingerprint density at radius 2 is 2.18 bits per heavy atom. The van der Waals surface area contributed by atoms with Gasteiger partial charge in [-0.25, -0.2) is 0 Å². The Balaban J connectivity index is 1.96. The zero-order chi connectivity index (χ0) is 12.1. The number of carbonyl (C=O) groups is 1. The second kappa shape index (κ2) is 5.99. The molecule has 17 heavy (non-hydrogen) atoms. The molecular weight excluding hydrogens is 212 g/mol. The maximum absolute atomic E-state index is 12.2. The minimum atomic E-state index is 0.280. The zero-order valence-corrected chi connectivity index (χ0v) is 10.7. The SMILES string of the molecule is CCCn1nccc1C(=O)CC1CCCCC1. The average Bonchev–Trinajstić information content (AvgIpc) is 2.79. The van der Waals surface area contributed by atoms with Crippen LogP contribution in [0.4, 0.5) is 0 Å². The molecule has 0 amide bonds. The van der Waals surface area contributed by atoms with Crippen LogP contribution in [0.1, 0.15) is 62.4 Å². The maximum Gasteiger partial charge on any atom is 0.181 e. The first-order chi connectivity index (χ1) is 8.31. The van der Waals surface area contributed by atoms with Crippen molar-refractivity contribution >= 4 is 5.78 Å². The Labute approximate surface area is 103 Å². The lowest BCUT2D eigenvalue weighted by molar-refractivity contribution is 0.0939. The highest BCUT2D eigenvalue weighted by atomic mass is 16.1. The van der Waals surface area contributed by atoms with E-state index in [1.807, 2.05) is 10.7 Å². The summed E-state index contributed by atoms with van der Waals surface area (Å²) >= 11 is 0. The van der Waals surface area contributed by atoms with E-state index in [1.54, 1.807) is 6.20 Å². The van der Waals surface area contributed by atoms with Gasteiger partial charge in [-0.2, -0.15) is 5.10 Å². The molecule has 1 aliphatic rings. The van der Waals surface area contributed by atoms with Crippen molar-refractivity contribution in [3.05, 3.63) is 18.0 Å². The molecule has 1 aromatic rings. The van der Waals surface area contributed by atoms with Gasteiger partial charge in [-0.05, 0) is 18.4 Å². The predicted molar refractivity (Wildman–Crippen MR) is 68.0 cm³/mol. The third-order valence-electron chi connectivity index (χ3n) is 3.64. The van der Waals surface area contributed by atoms with Gasteiger partial charge in [0.2, 0.25) is 0 Å². The van der Waals surface area contributed by atoms with Gasteiger partial charge in [-0.1, -0.05) is 39.0 Å². The third kappa shape index (κ3) is 3.18. The fourth-order valence-corrected chi connectivity index (χ4v) is 2.72. The van der Waals surface area contributed by atoms with Gasteiger partial charge >= 0.3 is 0 Å². The fraction of sp³-hybridized carbons (Fsp3) is 0.714. The van der Waals surface area contributed by atoms with Crippen LogP contribution in [0.25, 0.3) is 0 Å². The van der Waals surface area contributed by atoms with Crippen molar-refractivity contribution in [3.8, 4) is 0 Å². The molecule has 1 saturated carbocycles. The van der Waals surface area contributed by atoms with E-state index in [2.05, 4.69) is 12.0 Å². The van der Waals surface area contributed by atoms with Gasteiger partial charge in [0, 0.05) is 19.2 Å². The molecule has 1 heterocycles. The van der Waals surface area contributed by atoms with Crippen LogP contribution in [0, 0.1) is 5.92 Å². The summed E-state index contributed by atoms with van der Waals surface area (Å²) in [5.41, 5.74) is 0.803. The lowest BCUT2D eigenvalue weighted by atomic mass is 9.85. The van der Waals surface area contributed by atoms with Crippen LogP contribution in [-0.4, -0.2) is 15.6 Å². The van der Waals surface area contributed by atoms with Gasteiger partial charge in [0.15, 0.2) is 5.78 Å². The number of aryl methyl sites for hydroxylation is 1. The normalized spacial score (nSPS) is 17.2. The molecule has 3 heteroatoms. The number of hydrogen-bond donors (Lipinski definition) is 0. The summed E-state index contributed by atoms with van der Waals surface area (Å²) in [6.45, 7) is 2.95. The summed E-state index contributed by atoms with van der Waals surface area (Å²) in [7, 11) is 0. The summed E-state index contributed by atoms with van der Waals surface area (Å²) < 4.78 is 1.85. The van der Waals surface area contributed by atoms with Gasteiger partial charge in [-0.3, -0.25) is 9.48 Å². The Morgan fingerprint density at radius 3 is 2.88 bits per heavy atom. The first kappa shape index (κ1) is 12.3. The molecule has 3 nitrogen and oxygen atoms in total.